The number of hydrogen-bond acceptors (Lipinski definition) is 2. The third-order valence-electron chi connectivity index (χ3n) is 1.76. The van der Waals surface area contributed by atoms with Crippen molar-refractivity contribution in [3.05, 3.63) is 29.3 Å². The number of amides is 1. The number of carbonyl (C=O) groups is 2. The number of rotatable bonds is 4. The van der Waals surface area contributed by atoms with Gasteiger partial charge in [0.1, 0.15) is 0 Å². The molecule has 0 aliphatic rings. The Kier molecular flexibility index (Phi) is 5.44. The minimum absolute atomic E-state index is 0.136. The van der Waals surface area contributed by atoms with Gasteiger partial charge in [0.2, 0.25) is 5.91 Å². The van der Waals surface area contributed by atoms with Crippen molar-refractivity contribution >= 4 is 60.8 Å². The topological polar surface area (TPSA) is 46.2 Å². The lowest BCUT2D eigenvalue weighted by atomic mass is 10.2. The number of ketones is 1. The van der Waals surface area contributed by atoms with Gasteiger partial charge in [0, 0.05) is 10.7 Å². The molecule has 1 amide bonds. The normalized spacial score (nSPS) is 11.9. The summed E-state index contributed by atoms with van der Waals surface area (Å²) in [6.45, 7) is 0. The summed E-state index contributed by atoms with van der Waals surface area (Å²) in [7, 11) is 0. The summed E-state index contributed by atoms with van der Waals surface area (Å²) in [4.78, 5) is 21.9. The third kappa shape index (κ3) is 3.88. The summed E-state index contributed by atoms with van der Waals surface area (Å²) in [6, 6.07) is 6.65. The standard InChI is InChI=1S/C10H8Br2ClNO2/c11-5-8(15)9(12)10(16)14-7-3-1-6(13)2-4-7/h1-4,9H,5H2,(H,14,16). The lowest BCUT2D eigenvalue weighted by Crippen LogP contribution is -2.30. The third-order valence-corrected chi connectivity index (χ3v) is 3.49. The van der Waals surface area contributed by atoms with E-state index in [2.05, 4.69) is 37.2 Å². The number of hydrogen-bond donors (Lipinski definition) is 1. The molecule has 0 spiro atoms. The summed E-state index contributed by atoms with van der Waals surface area (Å²) < 4.78 is 0. The molecular formula is C10H8Br2ClNO2. The molecule has 1 rings (SSSR count). The fourth-order valence-electron chi connectivity index (χ4n) is 0.953. The van der Waals surface area contributed by atoms with E-state index in [0.717, 1.165) is 0 Å². The summed E-state index contributed by atoms with van der Waals surface area (Å²) in [5.74, 6) is -0.627. The highest BCUT2D eigenvalue weighted by molar-refractivity contribution is 9.10. The summed E-state index contributed by atoms with van der Waals surface area (Å²) in [5, 5.41) is 3.32. The van der Waals surface area contributed by atoms with Crippen LogP contribution in [0.1, 0.15) is 0 Å². The minimum Gasteiger partial charge on any atom is -0.325 e. The van der Waals surface area contributed by atoms with E-state index >= 15 is 0 Å². The van der Waals surface area contributed by atoms with Crippen LogP contribution in [0.3, 0.4) is 0 Å². The molecule has 6 heteroatoms. The number of halogens is 3. The first-order valence-electron chi connectivity index (χ1n) is 4.33. The Balaban J connectivity index is 2.64. The van der Waals surface area contributed by atoms with E-state index in [1.165, 1.54) is 0 Å². The molecule has 0 saturated heterocycles. The highest BCUT2D eigenvalue weighted by atomic mass is 79.9. The molecule has 1 N–H and O–H groups in total. The van der Waals surface area contributed by atoms with Gasteiger partial charge in [-0.15, -0.1) is 0 Å². The number of carbonyl (C=O) groups excluding carboxylic acids is 2. The van der Waals surface area contributed by atoms with Crippen molar-refractivity contribution in [2.24, 2.45) is 0 Å². The van der Waals surface area contributed by atoms with E-state index in [4.69, 9.17) is 11.6 Å². The predicted molar refractivity (Wildman–Crippen MR) is 71.6 cm³/mol. The van der Waals surface area contributed by atoms with Crippen LogP contribution in [-0.2, 0) is 9.59 Å². The average molecular weight is 369 g/mol. The SMILES string of the molecule is O=C(CBr)C(Br)C(=O)Nc1ccc(Cl)cc1. The van der Waals surface area contributed by atoms with E-state index in [-0.39, 0.29) is 11.1 Å². The molecule has 16 heavy (non-hydrogen) atoms. The summed E-state index contributed by atoms with van der Waals surface area (Å²) >= 11 is 11.7. The minimum atomic E-state index is -0.845. The molecule has 0 heterocycles. The summed E-state index contributed by atoms with van der Waals surface area (Å²) in [5.41, 5.74) is 0.598. The Morgan fingerprint density at radius 1 is 1.31 bits per heavy atom. The zero-order chi connectivity index (χ0) is 12.1. The molecule has 1 aromatic carbocycles. The van der Waals surface area contributed by atoms with E-state index in [0.29, 0.717) is 10.7 Å². The van der Waals surface area contributed by atoms with Crippen molar-refractivity contribution in [1.82, 2.24) is 0 Å². The zero-order valence-electron chi connectivity index (χ0n) is 8.04. The van der Waals surface area contributed by atoms with Gasteiger partial charge >= 0.3 is 0 Å². The van der Waals surface area contributed by atoms with E-state index in [1.54, 1.807) is 24.3 Å². The largest absolute Gasteiger partial charge is 0.325 e. The van der Waals surface area contributed by atoms with Crippen molar-refractivity contribution in [1.29, 1.82) is 0 Å². The van der Waals surface area contributed by atoms with Gasteiger partial charge < -0.3 is 5.32 Å². The monoisotopic (exact) mass is 367 g/mol. The van der Waals surface area contributed by atoms with Crippen LogP contribution in [0.15, 0.2) is 24.3 Å². The van der Waals surface area contributed by atoms with E-state index in [9.17, 15) is 9.59 Å². The second kappa shape index (κ2) is 6.37. The lowest BCUT2D eigenvalue weighted by molar-refractivity contribution is -0.123. The number of nitrogens with one attached hydrogen (secondary N) is 1. The molecule has 0 aliphatic carbocycles. The number of anilines is 1. The van der Waals surface area contributed by atoms with Crippen LogP contribution in [0.5, 0.6) is 0 Å². The van der Waals surface area contributed by atoms with Crippen LogP contribution in [0.25, 0.3) is 0 Å². The maximum absolute atomic E-state index is 11.6. The van der Waals surface area contributed by atoms with Crippen LogP contribution in [-0.4, -0.2) is 21.8 Å². The second-order valence-electron chi connectivity index (χ2n) is 2.96. The molecule has 1 unspecified atom stereocenters. The van der Waals surface area contributed by atoms with Crippen molar-refractivity contribution in [2.75, 3.05) is 10.6 Å². The van der Waals surface area contributed by atoms with Gasteiger partial charge in [-0.2, -0.15) is 0 Å². The van der Waals surface area contributed by atoms with Crippen molar-refractivity contribution in [2.45, 2.75) is 4.83 Å². The molecule has 0 aliphatic heterocycles. The Morgan fingerprint density at radius 2 is 1.88 bits per heavy atom. The molecule has 1 aromatic rings. The van der Waals surface area contributed by atoms with Crippen molar-refractivity contribution in [3.8, 4) is 0 Å². The molecular weight excluding hydrogens is 361 g/mol. The van der Waals surface area contributed by atoms with Crippen LogP contribution in [0.4, 0.5) is 5.69 Å². The highest BCUT2D eigenvalue weighted by Crippen LogP contribution is 2.15. The molecule has 3 nitrogen and oxygen atoms in total. The van der Waals surface area contributed by atoms with E-state index in [1.807, 2.05) is 0 Å². The first-order chi connectivity index (χ1) is 7.54. The Hall–Kier alpha value is -0.390. The Labute approximate surface area is 115 Å². The number of alkyl halides is 2. The van der Waals surface area contributed by atoms with Gasteiger partial charge in [-0.1, -0.05) is 43.5 Å². The lowest BCUT2D eigenvalue weighted by Gasteiger charge is -2.08. The zero-order valence-corrected chi connectivity index (χ0v) is 12.0. The second-order valence-corrected chi connectivity index (χ2v) is 4.87. The molecule has 0 aromatic heterocycles. The van der Waals surface area contributed by atoms with Crippen molar-refractivity contribution in [3.63, 3.8) is 0 Å². The predicted octanol–water partition coefficient (Wildman–Crippen LogP) is 3.01. The maximum atomic E-state index is 11.6. The molecule has 0 bridgehead atoms. The van der Waals surface area contributed by atoms with Gasteiger partial charge in [-0.25, -0.2) is 0 Å². The number of Topliss-reactive ketones (excluding diaryl/α,β-unsaturated/α-hetero) is 1. The van der Waals surface area contributed by atoms with Crippen LogP contribution in [0, 0.1) is 0 Å². The summed E-state index contributed by atoms with van der Waals surface area (Å²) in [6.07, 6.45) is 0. The molecule has 0 fully saturated rings. The number of benzene rings is 1. The maximum Gasteiger partial charge on any atom is 0.245 e. The van der Waals surface area contributed by atoms with E-state index < -0.39 is 10.7 Å². The van der Waals surface area contributed by atoms with Gasteiger partial charge in [0.25, 0.3) is 0 Å². The Morgan fingerprint density at radius 3 is 2.38 bits per heavy atom. The van der Waals surface area contributed by atoms with Gasteiger partial charge in [-0.3, -0.25) is 9.59 Å². The van der Waals surface area contributed by atoms with Gasteiger partial charge in [-0.05, 0) is 24.3 Å². The van der Waals surface area contributed by atoms with Crippen LogP contribution in [0.2, 0.25) is 5.02 Å². The first kappa shape index (κ1) is 13.7. The highest BCUT2D eigenvalue weighted by Gasteiger charge is 2.21. The van der Waals surface area contributed by atoms with Crippen LogP contribution >= 0.6 is 43.5 Å². The molecule has 86 valence electrons. The molecule has 0 saturated carbocycles. The van der Waals surface area contributed by atoms with Crippen LogP contribution < -0.4 is 5.32 Å². The fourth-order valence-corrected chi connectivity index (χ4v) is 2.11. The quantitative estimate of drug-likeness (QED) is 0.655. The van der Waals surface area contributed by atoms with Gasteiger partial charge in [0.05, 0.1) is 5.33 Å². The van der Waals surface area contributed by atoms with Crippen molar-refractivity contribution < 1.29 is 9.59 Å². The fraction of sp³-hybridized carbons (Fsp3) is 0.200. The average Bonchev–Trinajstić information content (AvgIpc) is 2.30. The van der Waals surface area contributed by atoms with Gasteiger partial charge in [0.15, 0.2) is 10.6 Å². The molecule has 1 atom stereocenters. The first-order valence-corrected chi connectivity index (χ1v) is 6.75. The smallest absolute Gasteiger partial charge is 0.245 e. The Bertz CT molecular complexity index is 394. The molecule has 0 radical (unpaired) electrons.